The Morgan fingerprint density at radius 1 is 1.30 bits per heavy atom. The van der Waals surface area contributed by atoms with Gasteiger partial charge in [0.25, 0.3) is 0 Å². The maximum absolute atomic E-state index is 6.00. The van der Waals surface area contributed by atoms with Crippen LogP contribution < -0.4 is 10.5 Å². The van der Waals surface area contributed by atoms with Crippen molar-refractivity contribution in [2.45, 2.75) is 17.4 Å². The van der Waals surface area contributed by atoms with E-state index >= 15 is 0 Å². The minimum absolute atomic E-state index is 0.193. The summed E-state index contributed by atoms with van der Waals surface area (Å²) in [6.45, 7) is 0. The van der Waals surface area contributed by atoms with E-state index in [0.717, 1.165) is 33.1 Å². The van der Waals surface area contributed by atoms with Crippen LogP contribution in [0.3, 0.4) is 0 Å². The normalized spacial score (nSPS) is 16.8. The maximum Gasteiger partial charge on any atom is 0.123 e. The molecule has 0 radical (unpaired) electrons. The van der Waals surface area contributed by atoms with Crippen molar-refractivity contribution >= 4 is 45.0 Å². The lowest BCUT2D eigenvalue weighted by Gasteiger charge is -2.11. The molecule has 0 saturated carbocycles. The summed E-state index contributed by atoms with van der Waals surface area (Å²) in [5.41, 5.74) is 7.70. The van der Waals surface area contributed by atoms with E-state index in [-0.39, 0.29) is 6.10 Å². The molecule has 2 N–H and O–H groups in total. The fraction of sp³-hybridized carbons (Fsp3) is 0.200. The molecule has 104 valence electrons. The summed E-state index contributed by atoms with van der Waals surface area (Å²) in [5, 5.41) is 0.766. The van der Waals surface area contributed by atoms with Gasteiger partial charge in [0.2, 0.25) is 0 Å². The van der Waals surface area contributed by atoms with Crippen LogP contribution in [0.25, 0.3) is 0 Å². The van der Waals surface area contributed by atoms with Crippen molar-refractivity contribution in [2.24, 2.45) is 0 Å². The summed E-state index contributed by atoms with van der Waals surface area (Å²) < 4.78 is 6.96. The molecular formula is C15H13BrClNOS. The zero-order valence-electron chi connectivity index (χ0n) is 10.6. The molecule has 2 aromatic rings. The zero-order valence-corrected chi connectivity index (χ0v) is 13.8. The fourth-order valence-electron chi connectivity index (χ4n) is 2.20. The molecule has 1 atom stereocenters. The molecule has 0 aromatic heterocycles. The Labute approximate surface area is 135 Å². The van der Waals surface area contributed by atoms with Crippen molar-refractivity contribution in [3.8, 4) is 5.75 Å². The second-order valence-electron chi connectivity index (χ2n) is 4.70. The molecule has 3 rings (SSSR count). The molecule has 1 heterocycles. The standard InChI is InChI=1S/C15H13BrClNOS/c16-13-7-11(18)2-4-15(13)20-8-12-6-9-5-10(17)1-3-14(9)19-12/h1-5,7,12H,6,8,18H2. The summed E-state index contributed by atoms with van der Waals surface area (Å²) >= 11 is 11.3. The lowest BCUT2D eigenvalue weighted by Crippen LogP contribution is -2.15. The van der Waals surface area contributed by atoms with Crippen LogP contribution in [0.1, 0.15) is 5.56 Å². The van der Waals surface area contributed by atoms with E-state index < -0.39 is 0 Å². The SMILES string of the molecule is Nc1ccc(SCC2Cc3cc(Cl)ccc3O2)c(Br)c1. The molecule has 0 spiro atoms. The number of hydrogen-bond donors (Lipinski definition) is 1. The van der Waals surface area contributed by atoms with Crippen LogP contribution in [0.15, 0.2) is 45.8 Å². The molecule has 20 heavy (non-hydrogen) atoms. The third-order valence-corrected chi connectivity index (χ3v) is 5.50. The summed E-state index contributed by atoms with van der Waals surface area (Å²) in [6, 6.07) is 11.7. The van der Waals surface area contributed by atoms with Gasteiger partial charge in [0.1, 0.15) is 11.9 Å². The number of ether oxygens (including phenoxy) is 1. The molecule has 0 fully saturated rings. The van der Waals surface area contributed by atoms with E-state index in [9.17, 15) is 0 Å². The Morgan fingerprint density at radius 2 is 2.15 bits per heavy atom. The summed E-state index contributed by atoms with van der Waals surface area (Å²) in [7, 11) is 0. The highest BCUT2D eigenvalue weighted by Crippen LogP contribution is 2.35. The Bertz CT molecular complexity index is 650. The van der Waals surface area contributed by atoms with Crippen LogP contribution in [0.5, 0.6) is 5.75 Å². The Morgan fingerprint density at radius 3 is 2.95 bits per heavy atom. The van der Waals surface area contributed by atoms with E-state index in [1.165, 1.54) is 10.5 Å². The van der Waals surface area contributed by atoms with Gasteiger partial charge in [0, 0.05) is 32.3 Å². The third kappa shape index (κ3) is 3.08. The van der Waals surface area contributed by atoms with Crippen LogP contribution in [0, 0.1) is 0 Å². The molecule has 2 nitrogen and oxygen atoms in total. The number of rotatable bonds is 3. The van der Waals surface area contributed by atoms with Gasteiger partial charge >= 0.3 is 0 Å². The van der Waals surface area contributed by atoms with E-state index in [1.807, 2.05) is 36.4 Å². The highest BCUT2D eigenvalue weighted by molar-refractivity contribution is 9.10. The second kappa shape index (κ2) is 5.88. The number of nitrogen functional groups attached to an aromatic ring is 1. The van der Waals surface area contributed by atoms with Crippen LogP contribution in [-0.2, 0) is 6.42 Å². The molecular weight excluding hydrogens is 358 g/mol. The first-order valence-corrected chi connectivity index (χ1v) is 8.40. The van der Waals surface area contributed by atoms with Crippen LogP contribution >= 0.6 is 39.3 Å². The van der Waals surface area contributed by atoms with E-state index in [1.54, 1.807) is 11.8 Å². The van der Waals surface area contributed by atoms with Gasteiger partial charge in [0.15, 0.2) is 0 Å². The van der Waals surface area contributed by atoms with Crippen molar-refractivity contribution < 1.29 is 4.74 Å². The number of fused-ring (bicyclic) bond motifs is 1. The van der Waals surface area contributed by atoms with Gasteiger partial charge in [-0.25, -0.2) is 0 Å². The van der Waals surface area contributed by atoms with Crippen LogP contribution in [0.2, 0.25) is 5.02 Å². The molecule has 0 bridgehead atoms. The van der Waals surface area contributed by atoms with Crippen molar-refractivity contribution in [3.63, 3.8) is 0 Å². The quantitative estimate of drug-likeness (QED) is 0.624. The lowest BCUT2D eigenvalue weighted by molar-refractivity contribution is 0.259. The van der Waals surface area contributed by atoms with Gasteiger partial charge in [-0.3, -0.25) is 0 Å². The molecule has 0 aliphatic carbocycles. The highest BCUT2D eigenvalue weighted by Gasteiger charge is 2.23. The van der Waals surface area contributed by atoms with Gasteiger partial charge < -0.3 is 10.5 Å². The Hall–Kier alpha value is -0.840. The highest BCUT2D eigenvalue weighted by atomic mass is 79.9. The van der Waals surface area contributed by atoms with Gasteiger partial charge in [0.05, 0.1) is 0 Å². The van der Waals surface area contributed by atoms with E-state index in [0.29, 0.717) is 0 Å². The first-order chi connectivity index (χ1) is 9.61. The molecule has 1 aliphatic heterocycles. The second-order valence-corrected chi connectivity index (χ2v) is 7.05. The van der Waals surface area contributed by atoms with Gasteiger partial charge in [-0.2, -0.15) is 0 Å². The third-order valence-electron chi connectivity index (χ3n) is 3.14. The predicted octanol–water partition coefficient (Wildman–Crippen LogP) is 4.78. The number of benzene rings is 2. The average molecular weight is 371 g/mol. The number of halogens is 2. The minimum atomic E-state index is 0.193. The van der Waals surface area contributed by atoms with E-state index in [4.69, 9.17) is 22.1 Å². The van der Waals surface area contributed by atoms with Crippen molar-refractivity contribution in [2.75, 3.05) is 11.5 Å². The Balaban J connectivity index is 1.63. The fourth-order valence-corrected chi connectivity index (χ4v) is 4.05. The monoisotopic (exact) mass is 369 g/mol. The van der Waals surface area contributed by atoms with Gasteiger partial charge in [-0.05, 0) is 57.9 Å². The van der Waals surface area contributed by atoms with Crippen molar-refractivity contribution in [1.29, 1.82) is 0 Å². The van der Waals surface area contributed by atoms with Gasteiger partial charge in [-0.1, -0.05) is 11.6 Å². The van der Waals surface area contributed by atoms with E-state index in [2.05, 4.69) is 15.9 Å². The molecule has 0 amide bonds. The predicted molar refractivity (Wildman–Crippen MR) is 88.9 cm³/mol. The molecule has 1 aliphatic rings. The number of thioether (sulfide) groups is 1. The number of hydrogen-bond acceptors (Lipinski definition) is 3. The van der Waals surface area contributed by atoms with Crippen LogP contribution in [-0.4, -0.2) is 11.9 Å². The smallest absolute Gasteiger partial charge is 0.123 e. The average Bonchev–Trinajstić information content (AvgIpc) is 2.79. The summed E-state index contributed by atoms with van der Waals surface area (Å²) in [4.78, 5) is 1.18. The molecule has 2 aromatic carbocycles. The molecule has 5 heteroatoms. The summed E-state index contributed by atoms with van der Waals surface area (Å²) in [5.74, 6) is 1.85. The van der Waals surface area contributed by atoms with Crippen LogP contribution in [0.4, 0.5) is 5.69 Å². The molecule has 0 saturated heterocycles. The Kier molecular flexibility index (Phi) is 4.15. The molecule has 1 unspecified atom stereocenters. The lowest BCUT2D eigenvalue weighted by atomic mass is 10.1. The first kappa shape index (κ1) is 14.1. The topological polar surface area (TPSA) is 35.2 Å². The maximum atomic E-state index is 6.00. The minimum Gasteiger partial charge on any atom is -0.489 e. The summed E-state index contributed by atoms with van der Waals surface area (Å²) in [6.07, 6.45) is 1.10. The van der Waals surface area contributed by atoms with Gasteiger partial charge in [-0.15, -0.1) is 11.8 Å². The van der Waals surface area contributed by atoms with Crippen molar-refractivity contribution in [3.05, 3.63) is 51.5 Å². The largest absolute Gasteiger partial charge is 0.489 e. The first-order valence-electron chi connectivity index (χ1n) is 6.25. The number of nitrogens with two attached hydrogens (primary N) is 1. The zero-order chi connectivity index (χ0) is 14.1. The van der Waals surface area contributed by atoms with Crippen molar-refractivity contribution in [1.82, 2.24) is 0 Å². The number of anilines is 1.